The number of rotatable bonds is 9. The van der Waals surface area contributed by atoms with Gasteiger partial charge in [0.05, 0.1) is 13.7 Å². The number of hydrogen-bond donors (Lipinski definition) is 1. The van der Waals surface area contributed by atoms with E-state index in [9.17, 15) is 9.59 Å². The second-order valence-corrected chi connectivity index (χ2v) is 5.06. The largest absolute Gasteiger partial charge is 0.497 e. The molecule has 0 heterocycles. The molecule has 0 spiro atoms. The van der Waals surface area contributed by atoms with Crippen LogP contribution in [0.2, 0.25) is 0 Å². The van der Waals surface area contributed by atoms with Gasteiger partial charge in [0.2, 0.25) is 0 Å². The molecular formula is C16H23NO5. The molecule has 1 aromatic carbocycles. The van der Waals surface area contributed by atoms with Crippen LogP contribution >= 0.6 is 0 Å². The Balaban J connectivity index is 2.41. The first-order valence-electron chi connectivity index (χ1n) is 7.15. The summed E-state index contributed by atoms with van der Waals surface area (Å²) in [6.45, 7) is 2.40. The molecule has 1 aromatic rings. The molecule has 6 heteroatoms. The number of hydrogen-bond acceptors (Lipinski definition) is 4. The maximum absolute atomic E-state index is 12.1. The monoisotopic (exact) mass is 309 g/mol. The molecular weight excluding hydrogens is 286 g/mol. The van der Waals surface area contributed by atoms with Crippen LogP contribution < -0.4 is 4.74 Å². The number of carbonyl (C=O) groups is 2. The molecule has 0 bridgehead atoms. The molecule has 0 fully saturated rings. The number of aliphatic carboxylic acids is 1. The van der Waals surface area contributed by atoms with Gasteiger partial charge >= 0.3 is 5.97 Å². The predicted octanol–water partition coefficient (Wildman–Crippen LogP) is 1.92. The number of ether oxygens (including phenoxy) is 2. The second-order valence-electron chi connectivity index (χ2n) is 5.06. The number of carboxylic acids is 1. The van der Waals surface area contributed by atoms with E-state index >= 15 is 0 Å². The van der Waals surface area contributed by atoms with Gasteiger partial charge in [-0.25, -0.2) is 0 Å². The van der Waals surface area contributed by atoms with E-state index in [0.29, 0.717) is 19.6 Å². The van der Waals surface area contributed by atoms with Gasteiger partial charge in [-0.2, -0.15) is 0 Å². The van der Waals surface area contributed by atoms with Crippen LogP contribution in [0.3, 0.4) is 0 Å². The highest BCUT2D eigenvalue weighted by molar-refractivity contribution is 5.80. The summed E-state index contributed by atoms with van der Waals surface area (Å²) in [4.78, 5) is 24.0. The third kappa shape index (κ3) is 6.13. The zero-order valence-corrected chi connectivity index (χ0v) is 13.2. The van der Waals surface area contributed by atoms with Crippen LogP contribution in [0.1, 0.15) is 25.3 Å². The summed E-state index contributed by atoms with van der Waals surface area (Å²) in [6, 6.07) is 7.46. The zero-order valence-electron chi connectivity index (χ0n) is 13.2. The van der Waals surface area contributed by atoms with Gasteiger partial charge in [-0.1, -0.05) is 12.1 Å². The molecule has 6 nitrogen and oxygen atoms in total. The summed E-state index contributed by atoms with van der Waals surface area (Å²) in [7, 11) is 3.24. The lowest BCUT2D eigenvalue weighted by Crippen LogP contribution is -2.37. The van der Waals surface area contributed by atoms with Crippen molar-refractivity contribution in [3.05, 3.63) is 29.8 Å². The summed E-state index contributed by atoms with van der Waals surface area (Å²) in [5, 5.41) is 8.59. The Morgan fingerprint density at radius 3 is 2.73 bits per heavy atom. The molecule has 1 rings (SSSR count). The average Bonchev–Trinajstić information content (AvgIpc) is 2.51. The van der Waals surface area contributed by atoms with Gasteiger partial charge in [0.25, 0.3) is 5.91 Å². The Bertz CT molecular complexity index is 503. The smallest absolute Gasteiger partial charge is 0.303 e. The van der Waals surface area contributed by atoms with Crippen LogP contribution in [0, 0.1) is 0 Å². The maximum Gasteiger partial charge on any atom is 0.303 e. The Hall–Kier alpha value is -2.08. The topological polar surface area (TPSA) is 76.1 Å². The molecule has 0 aromatic heterocycles. The summed E-state index contributed by atoms with van der Waals surface area (Å²) < 4.78 is 10.7. The molecule has 122 valence electrons. The van der Waals surface area contributed by atoms with E-state index in [1.54, 1.807) is 21.1 Å². The maximum atomic E-state index is 12.1. The third-order valence-corrected chi connectivity index (χ3v) is 3.24. The standard InChI is InChI=1S/C16H23NO5/c1-12(16(20)17(2)9-5-8-15(18)19)22-11-13-6-4-7-14(10-13)21-3/h4,6-7,10,12H,5,8-9,11H2,1-3H3,(H,18,19). The third-order valence-electron chi connectivity index (χ3n) is 3.24. The average molecular weight is 309 g/mol. The lowest BCUT2D eigenvalue weighted by Gasteiger charge is -2.21. The van der Waals surface area contributed by atoms with E-state index in [2.05, 4.69) is 0 Å². The molecule has 1 atom stereocenters. The Morgan fingerprint density at radius 2 is 2.09 bits per heavy atom. The van der Waals surface area contributed by atoms with E-state index in [1.807, 2.05) is 24.3 Å². The zero-order chi connectivity index (χ0) is 16.5. The summed E-state index contributed by atoms with van der Waals surface area (Å²) in [5.74, 6) is -0.276. The van der Waals surface area contributed by atoms with Gasteiger partial charge in [0.15, 0.2) is 0 Å². The van der Waals surface area contributed by atoms with Crippen LogP contribution in [0.15, 0.2) is 24.3 Å². The van der Waals surface area contributed by atoms with Gasteiger partial charge in [-0.05, 0) is 31.0 Å². The molecule has 1 unspecified atom stereocenters. The van der Waals surface area contributed by atoms with Crippen molar-refractivity contribution in [1.82, 2.24) is 4.90 Å². The fourth-order valence-corrected chi connectivity index (χ4v) is 1.94. The van der Waals surface area contributed by atoms with Gasteiger partial charge in [-0.15, -0.1) is 0 Å². The van der Waals surface area contributed by atoms with E-state index < -0.39 is 12.1 Å². The quantitative estimate of drug-likeness (QED) is 0.754. The molecule has 1 N–H and O–H groups in total. The number of nitrogens with zero attached hydrogens (tertiary/aromatic N) is 1. The lowest BCUT2D eigenvalue weighted by atomic mass is 10.2. The summed E-state index contributed by atoms with van der Waals surface area (Å²) >= 11 is 0. The van der Waals surface area contributed by atoms with Crippen LogP contribution in [0.4, 0.5) is 0 Å². The van der Waals surface area contributed by atoms with Crippen molar-refractivity contribution in [2.45, 2.75) is 32.5 Å². The first-order chi connectivity index (χ1) is 10.4. The highest BCUT2D eigenvalue weighted by Gasteiger charge is 2.18. The number of likely N-dealkylation sites (N-methyl/N-ethyl adjacent to an activating group) is 1. The van der Waals surface area contributed by atoms with E-state index in [4.69, 9.17) is 14.6 Å². The van der Waals surface area contributed by atoms with Crippen molar-refractivity contribution in [2.24, 2.45) is 0 Å². The van der Waals surface area contributed by atoms with Crippen molar-refractivity contribution < 1.29 is 24.2 Å². The number of methoxy groups -OCH3 is 1. The van der Waals surface area contributed by atoms with Gasteiger partial charge in [-0.3, -0.25) is 9.59 Å². The molecule has 0 saturated carbocycles. The van der Waals surface area contributed by atoms with Crippen LogP contribution in [-0.4, -0.2) is 48.7 Å². The summed E-state index contributed by atoms with van der Waals surface area (Å²) in [6.07, 6.45) is -0.0994. The first-order valence-corrected chi connectivity index (χ1v) is 7.15. The van der Waals surface area contributed by atoms with Crippen molar-refractivity contribution in [3.8, 4) is 5.75 Å². The molecule has 0 saturated heterocycles. The van der Waals surface area contributed by atoms with Crippen LogP contribution in [0.5, 0.6) is 5.75 Å². The van der Waals surface area contributed by atoms with Crippen LogP contribution in [0.25, 0.3) is 0 Å². The minimum atomic E-state index is -0.858. The lowest BCUT2D eigenvalue weighted by molar-refractivity contribution is -0.143. The fraction of sp³-hybridized carbons (Fsp3) is 0.500. The van der Waals surface area contributed by atoms with Crippen molar-refractivity contribution in [2.75, 3.05) is 20.7 Å². The Morgan fingerprint density at radius 1 is 1.36 bits per heavy atom. The first kappa shape index (κ1) is 18.0. The number of amides is 1. The van der Waals surface area contributed by atoms with Gasteiger partial charge < -0.3 is 19.5 Å². The minimum absolute atomic E-state index is 0.0523. The molecule has 0 aliphatic heterocycles. The van der Waals surface area contributed by atoms with Crippen molar-refractivity contribution >= 4 is 11.9 Å². The van der Waals surface area contributed by atoms with E-state index in [0.717, 1.165) is 11.3 Å². The van der Waals surface area contributed by atoms with Crippen molar-refractivity contribution in [1.29, 1.82) is 0 Å². The highest BCUT2D eigenvalue weighted by atomic mass is 16.5. The minimum Gasteiger partial charge on any atom is -0.497 e. The number of carbonyl (C=O) groups excluding carboxylic acids is 1. The van der Waals surface area contributed by atoms with E-state index in [1.165, 1.54) is 4.90 Å². The van der Waals surface area contributed by atoms with Crippen LogP contribution in [-0.2, 0) is 20.9 Å². The van der Waals surface area contributed by atoms with Gasteiger partial charge in [0, 0.05) is 20.0 Å². The van der Waals surface area contributed by atoms with Gasteiger partial charge in [0.1, 0.15) is 11.9 Å². The molecule has 1 amide bonds. The Kier molecular flexibility index (Phi) is 7.39. The highest BCUT2D eigenvalue weighted by Crippen LogP contribution is 2.14. The number of benzene rings is 1. The normalized spacial score (nSPS) is 11.8. The van der Waals surface area contributed by atoms with Crippen molar-refractivity contribution in [3.63, 3.8) is 0 Å². The molecule has 0 aliphatic rings. The molecule has 22 heavy (non-hydrogen) atoms. The molecule has 0 aliphatic carbocycles. The number of carboxylic acid groups (broad SMARTS) is 1. The predicted molar refractivity (Wildman–Crippen MR) is 81.8 cm³/mol. The SMILES string of the molecule is COc1cccc(COC(C)C(=O)N(C)CCCC(=O)O)c1. The Labute approximate surface area is 130 Å². The summed E-state index contributed by atoms with van der Waals surface area (Å²) in [5.41, 5.74) is 0.924. The second kappa shape index (κ2) is 9.04. The molecule has 0 radical (unpaired) electrons. The fourth-order valence-electron chi connectivity index (χ4n) is 1.94. The van der Waals surface area contributed by atoms with E-state index in [-0.39, 0.29) is 12.3 Å².